The maximum absolute atomic E-state index is 13.9. The molecule has 0 radical (unpaired) electrons. The summed E-state index contributed by atoms with van der Waals surface area (Å²) >= 11 is 0. The van der Waals surface area contributed by atoms with Crippen LogP contribution >= 0.6 is 0 Å². The van der Waals surface area contributed by atoms with Gasteiger partial charge < -0.3 is 4.90 Å². The topological polar surface area (TPSA) is 69.7 Å². The molecule has 1 fully saturated rings. The number of benzene rings is 2. The molecule has 2 aromatic carbocycles. The van der Waals surface area contributed by atoms with Crippen LogP contribution in [0.3, 0.4) is 0 Å². The summed E-state index contributed by atoms with van der Waals surface area (Å²) < 4.78 is 64.8. The van der Waals surface area contributed by atoms with Gasteiger partial charge in [0.15, 0.2) is 11.6 Å². The third-order valence-electron chi connectivity index (χ3n) is 4.85. The summed E-state index contributed by atoms with van der Waals surface area (Å²) in [5, 5.41) is 0. The average Bonchev–Trinajstić information content (AvgIpc) is 2.68. The lowest BCUT2D eigenvalue weighted by Gasteiger charge is -2.40. The number of amides is 1. The molecule has 0 unspecified atom stereocenters. The number of hydrogen-bond acceptors (Lipinski definition) is 4. The number of hydrogen-bond donors (Lipinski definition) is 2. The predicted octanol–water partition coefficient (Wildman–Crippen LogP) is 2.39. The van der Waals surface area contributed by atoms with Gasteiger partial charge in [0.05, 0.1) is 0 Å². The van der Waals surface area contributed by atoms with E-state index in [1.165, 1.54) is 24.3 Å². The molecule has 1 saturated heterocycles. The summed E-state index contributed by atoms with van der Waals surface area (Å²) in [6.45, 7) is 2.82. The van der Waals surface area contributed by atoms with Gasteiger partial charge in [-0.25, -0.2) is 21.6 Å². The number of carbonyl (C=O) groups is 1. The van der Waals surface area contributed by atoms with Gasteiger partial charge in [0, 0.05) is 49.0 Å². The largest absolute Gasteiger partial charge is 0.333 e. The molecule has 1 heterocycles. The van der Waals surface area contributed by atoms with Crippen molar-refractivity contribution >= 4 is 22.5 Å². The van der Waals surface area contributed by atoms with E-state index in [9.17, 15) is 26.4 Å². The average molecular weight is 427 g/mol. The van der Waals surface area contributed by atoms with E-state index in [2.05, 4.69) is 4.72 Å². The van der Waals surface area contributed by atoms with Gasteiger partial charge >= 0.3 is 0 Å². The predicted molar refractivity (Wildman–Crippen MR) is 102 cm³/mol. The number of halogens is 3. The minimum Gasteiger partial charge on any atom is -0.333 e. The fourth-order valence-electron chi connectivity index (χ4n) is 3.37. The molecule has 156 valence electrons. The number of piperazine rings is 1. The molecule has 1 aliphatic rings. The Morgan fingerprint density at radius 2 is 1.72 bits per heavy atom. The van der Waals surface area contributed by atoms with Crippen LogP contribution in [-0.4, -0.2) is 49.8 Å². The van der Waals surface area contributed by atoms with Crippen LogP contribution in [0.1, 0.15) is 22.8 Å². The van der Waals surface area contributed by atoms with Gasteiger partial charge in [-0.2, -0.15) is 0 Å². The zero-order valence-corrected chi connectivity index (χ0v) is 16.5. The first kappa shape index (κ1) is 21.1. The van der Waals surface area contributed by atoms with Crippen molar-refractivity contribution in [3.8, 4) is 0 Å². The van der Waals surface area contributed by atoms with Crippen molar-refractivity contribution in [1.29, 1.82) is 0 Å². The third kappa shape index (κ3) is 4.88. The van der Waals surface area contributed by atoms with Crippen LogP contribution in [-0.2, 0) is 17.4 Å². The highest BCUT2D eigenvalue weighted by Crippen LogP contribution is 2.21. The fraction of sp³-hybridized carbons (Fsp3) is 0.316. The Bertz CT molecular complexity index is 975. The Kier molecular flexibility index (Phi) is 6.43. The van der Waals surface area contributed by atoms with Crippen molar-refractivity contribution in [3.63, 3.8) is 0 Å². The van der Waals surface area contributed by atoms with Crippen molar-refractivity contribution in [2.45, 2.75) is 19.5 Å². The van der Waals surface area contributed by atoms with E-state index in [1.54, 1.807) is 9.80 Å². The summed E-state index contributed by atoms with van der Waals surface area (Å²) in [4.78, 5) is 16.2. The fourth-order valence-corrected chi connectivity index (χ4v) is 3.73. The molecule has 1 N–H and O–H groups in total. The number of rotatable bonds is 5. The zero-order valence-electron chi connectivity index (χ0n) is 15.6. The Morgan fingerprint density at radius 3 is 2.34 bits per heavy atom. The quantitative estimate of drug-likeness (QED) is 0.568. The third-order valence-corrected chi connectivity index (χ3v) is 5.29. The van der Waals surface area contributed by atoms with Gasteiger partial charge in [-0.3, -0.25) is 14.4 Å². The summed E-state index contributed by atoms with van der Waals surface area (Å²) in [6, 6.07) is 7.47. The maximum atomic E-state index is 13.9. The minimum absolute atomic E-state index is 0.0878. The summed E-state index contributed by atoms with van der Waals surface area (Å²) in [6.07, 6.45) is 0. The van der Waals surface area contributed by atoms with Crippen LogP contribution in [0.5, 0.6) is 0 Å². The normalized spacial score (nSPS) is 17.6. The Labute approximate surface area is 168 Å². The van der Waals surface area contributed by atoms with Crippen LogP contribution in [0.15, 0.2) is 36.4 Å². The highest BCUT2D eigenvalue weighted by Gasteiger charge is 2.29. The number of anilines is 1. The van der Waals surface area contributed by atoms with Crippen LogP contribution < -0.4 is 4.72 Å². The smallest absolute Gasteiger partial charge is 0.254 e. The minimum atomic E-state index is -2.78. The molecule has 0 aliphatic carbocycles. The molecule has 0 spiro atoms. The molecule has 2 aromatic rings. The van der Waals surface area contributed by atoms with E-state index in [1.807, 2.05) is 6.92 Å². The van der Waals surface area contributed by atoms with Gasteiger partial charge in [0.25, 0.3) is 5.91 Å². The van der Waals surface area contributed by atoms with E-state index >= 15 is 0 Å². The number of nitrogens with one attached hydrogen (secondary N) is 1. The molecular formula is C19H20F3N3O3S. The van der Waals surface area contributed by atoms with Crippen LogP contribution in [0.2, 0.25) is 0 Å². The molecule has 10 heteroatoms. The van der Waals surface area contributed by atoms with Crippen LogP contribution in [0, 0.1) is 17.5 Å². The second-order valence-electron chi connectivity index (χ2n) is 6.85. The van der Waals surface area contributed by atoms with Crippen LogP contribution in [0.4, 0.5) is 18.9 Å². The van der Waals surface area contributed by atoms with E-state index < -0.39 is 28.3 Å². The van der Waals surface area contributed by atoms with E-state index in [-0.39, 0.29) is 24.1 Å². The van der Waals surface area contributed by atoms with Gasteiger partial charge in [0.1, 0.15) is 5.82 Å². The Morgan fingerprint density at radius 1 is 1.07 bits per heavy atom. The molecule has 3 rings (SSSR count). The van der Waals surface area contributed by atoms with Gasteiger partial charge in [-0.1, -0.05) is 0 Å². The second kappa shape index (κ2) is 8.83. The summed E-state index contributed by atoms with van der Waals surface area (Å²) in [5.74, 6) is -3.31. The molecule has 1 atom stereocenters. The number of thiol groups is 1. The Balaban J connectivity index is 1.65. The highest BCUT2D eigenvalue weighted by atomic mass is 32.2. The van der Waals surface area contributed by atoms with E-state index in [0.29, 0.717) is 30.9 Å². The molecule has 1 amide bonds. The van der Waals surface area contributed by atoms with E-state index in [4.69, 9.17) is 0 Å². The standard InChI is InChI=1S/C19H20F3N3O3S/c1-12-10-24(11-15-16(20)6-7-17(21)18(15)22)8-9-25(12)19(26)13-2-4-14(5-3-13)23-29(27)28/h2-7,12,29H,8-11H2,1H3,(H,23,27,28)/t12-/m0/s1. The summed E-state index contributed by atoms with van der Waals surface area (Å²) in [7, 11) is -2.78. The molecule has 0 saturated carbocycles. The van der Waals surface area contributed by atoms with E-state index in [0.717, 1.165) is 12.1 Å². The SMILES string of the molecule is C[C@H]1CN(Cc2c(F)ccc(F)c2F)CCN1C(=O)c1ccc(N[SH](=O)=O)cc1. The van der Waals surface area contributed by atoms with Crippen molar-refractivity contribution in [3.05, 3.63) is 65.0 Å². The van der Waals surface area contributed by atoms with Gasteiger partial charge in [0.2, 0.25) is 10.9 Å². The molecule has 0 bridgehead atoms. The van der Waals surface area contributed by atoms with Crippen molar-refractivity contribution in [2.75, 3.05) is 24.4 Å². The zero-order chi connectivity index (χ0) is 21.1. The second-order valence-corrected chi connectivity index (χ2v) is 7.59. The number of nitrogens with zero attached hydrogens (tertiary/aromatic N) is 2. The molecule has 6 nitrogen and oxygen atoms in total. The summed E-state index contributed by atoms with van der Waals surface area (Å²) in [5.41, 5.74) is 0.436. The van der Waals surface area contributed by atoms with Crippen molar-refractivity contribution in [1.82, 2.24) is 9.80 Å². The van der Waals surface area contributed by atoms with Crippen LogP contribution in [0.25, 0.3) is 0 Å². The lowest BCUT2D eigenvalue weighted by Crippen LogP contribution is -2.53. The maximum Gasteiger partial charge on any atom is 0.254 e. The lowest BCUT2D eigenvalue weighted by atomic mass is 10.1. The lowest BCUT2D eigenvalue weighted by molar-refractivity contribution is 0.0470. The number of carbonyl (C=O) groups excluding carboxylic acids is 1. The van der Waals surface area contributed by atoms with Crippen molar-refractivity contribution < 1.29 is 26.4 Å². The van der Waals surface area contributed by atoms with Crippen molar-refractivity contribution in [2.24, 2.45) is 0 Å². The first-order valence-corrected chi connectivity index (χ1v) is 10.1. The molecular weight excluding hydrogens is 407 g/mol. The first-order chi connectivity index (χ1) is 13.8. The highest BCUT2D eigenvalue weighted by molar-refractivity contribution is 7.73. The Hall–Kier alpha value is -2.59. The first-order valence-electron chi connectivity index (χ1n) is 8.93. The molecule has 0 aromatic heterocycles. The van der Waals surface area contributed by atoms with Gasteiger partial charge in [-0.05, 0) is 43.3 Å². The monoisotopic (exact) mass is 427 g/mol. The molecule has 29 heavy (non-hydrogen) atoms. The molecule has 1 aliphatic heterocycles. The van der Waals surface area contributed by atoms with Gasteiger partial charge in [-0.15, -0.1) is 0 Å².